The number of amides is 1. The van der Waals surface area contributed by atoms with Crippen molar-refractivity contribution in [3.8, 4) is 5.75 Å². The predicted octanol–water partition coefficient (Wildman–Crippen LogP) is 2.48. The summed E-state index contributed by atoms with van der Waals surface area (Å²) in [5.74, 6) is 2.04. The van der Waals surface area contributed by atoms with Crippen LogP contribution in [0, 0.1) is 0 Å². The fraction of sp³-hybridized carbons (Fsp3) is 0.450. The molecule has 0 bridgehead atoms. The Morgan fingerprint density at radius 3 is 2.86 bits per heavy atom. The molecular formula is C20H28N6O2. The van der Waals surface area contributed by atoms with Crippen molar-refractivity contribution < 1.29 is 9.53 Å². The second-order valence-electron chi connectivity index (χ2n) is 7.00. The normalized spacial score (nSPS) is 16.1. The van der Waals surface area contributed by atoms with Crippen LogP contribution >= 0.6 is 0 Å². The van der Waals surface area contributed by atoms with E-state index in [9.17, 15) is 4.79 Å². The quantitative estimate of drug-likeness (QED) is 0.630. The highest BCUT2D eigenvalue weighted by Crippen LogP contribution is 2.27. The number of ether oxygens (including phenoxy) is 1. The zero-order valence-electron chi connectivity index (χ0n) is 16.7. The second-order valence-corrected chi connectivity index (χ2v) is 7.00. The molecule has 2 heterocycles. The van der Waals surface area contributed by atoms with Crippen molar-refractivity contribution in [1.29, 1.82) is 0 Å². The van der Waals surface area contributed by atoms with E-state index in [0.717, 1.165) is 49.6 Å². The van der Waals surface area contributed by atoms with Crippen LogP contribution in [0.1, 0.15) is 32.4 Å². The van der Waals surface area contributed by atoms with Crippen molar-refractivity contribution in [3.05, 3.63) is 30.0 Å². The highest BCUT2D eigenvalue weighted by atomic mass is 16.5. The van der Waals surface area contributed by atoms with Crippen molar-refractivity contribution in [3.63, 3.8) is 0 Å². The van der Waals surface area contributed by atoms with Crippen molar-refractivity contribution in [2.24, 2.45) is 0 Å². The summed E-state index contributed by atoms with van der Waals surface area (Å²) in [5, 5.41) is 6.24. The zero-order valence-corrected chi connectivity index (χ0v) is 16.7. The van der Waals surface area contributed by atoms with Crippen molar-refractivity contribution in [1.82, 2.24) is 15.3 Å². The number of rotatable bonds is 7. The SMILES string of the molecule is CCCc1cc(N2CCC(NC(C)=O)C2)nc(Nc2ccc(OC)c(N)c2)n1. The Kier molecular flexibility index (Phi) is 6.18. The molecule has 150 valence electrons. The van der Waals surface area contributed by atoms with Crippen LogP contribution < -0.4 is 26.0 Å². The van der Waals surface area contributed by atoms with Crippen LogP contribution in [0.3, 0.4) is 0 Å². The minimum Gasteiger partial charge on any atom is -0.495 e. The van der Waals surface area contributed by atoms with E-state index in [2.05, 4.69) is 27.4 Å². The molecule has 1 aliphatic heterocycles. The Hall–Kier alpha value is -3.03. The van der Waals surface area contributed by atoms with E-state index < -0.39 is 0 Å². The number of carbonyl (C=O) groups is 1. The number of nitrogens with two attached hydrogens (primary N) is 1. The average Bonchev–Trinajstić information content (AvgIpc) is 3.10. The Balaban J connectivity index is 1.81. The largest absolute Gasteiger partial charge is 0.495 e. The van der Waals surface area contributed by atoms with Gasteiger partial charge in [0.1, 0.15) is 11.6 Å². The maximum atomic E-state index is 11.3. The molecule has 1 unspecified atom stereocenters. The predicted molar refractivity (Wildman–Crippen MR) is 111 cm³/mol. The molecule has 1 amide bonds. The van der Waals surface area contributed by atoms with Crippen molar-refractivity contribution in [2.75, 3.05) is 36.1 Å². The number of aryl methyl sites for hydroxylation is 1. The van der Waals surface area contributed by atoms with Gasteiger partial charge < -0.3 is 26.0 Å². The molecule has 28 heavy (non-hydrogen) atoms. The average molecular weight is 384 g/mol. The standard InChI is InChI=1S/C20H28N6O2/c1-4-5-14-11-19(26-9-8-16(12-26)22-13(2)27)25-20(23-14)24-15-6-7-18(28-3)17(21)10-15/h6-7,10-11,16H,4-5,8-9,12,21H2,1-3H3,(H,22,27)(H,23,24,25). The van der Waals surface area contributed by atoms with Crippen LogP contribution in [0.4, 0.5) is 23.1 Å². The number of hydrogen-bond acceptors (Lipinski definition) is 7. The lowest BCUT2D eigenvalue weighted by atomic mass is 10.2. The second kappa shape index (κ2) is 8.77. The molecule has 8 heteroatoms. The van der Waals surface area contributed by atoms with E-state index >= 15 is 0 Å². The molecule has 4 N–H and O–H groups in total. The molecule has 1 atom stereocenters. The molecule has 0 aliphatic carbocycles. The summed E-state index contributed by atoms with van der Waals surface area (Å²) in [7, 11) is 1.59. The summed E-state index contributed by atoms with van der Waals surface area (Å²) in [6, 6.07) is 7.69. The van der Waals surface area contributed by atoms with Gasteiger partial charge in [0.05, 0.1) is 12.8 Å². The highest BCUT2D eigenvalue weighted by Gasteiger charge is 2.24. The van der Waals surface area contributed by atoms with Gasteiger partial charge in [0.15, 0.2) is 0 Å². The molecule has 2 aromatic rings. The van der Waals surface area contributed by atoms with Gasteiger partial charge in [-0.25, -0.2) is 4.98 Å². The van der Waals surface area contributed by atoms with Crippen LogP contribution in [0.2, 0.25) is 0 Å². The van der Waals surface area contributed by atoms with Gasteiger partial charge in [0.2, 0.25) is 11.9 Å². The Labute approximate surface area is 165 Å². The fourth-order valence-electron chi connectivity index (χ4n) is 3.40. The summed E-state index contributed by atoms with van der Waals surface area (Å²) >= 11 is 0. The molecule has 0 radical (unpaired) electrons. The number of benzene rings is 1. The summed E-state index contributed by atoms with van der Waals surface area (Å²) in [6.07, 6.45) is 2.78. The lowest BCUT2D eigenvalue weighted by Crippen LogP contribution is -2.35. The number of nitrogen functional groups attached to an aromatic ring is 1. The lowest BCUT2D eigenvalue weighted by molar-refractivity contribution is -0.119. The Morgan fingerprint density at radius 2 is 2.18 bits per heavy atom. The van der Waals surface area contributed by atoms with Crippen LogP contribution in [-0.4, -0.2) is 42.1 Å². The van der Waals surface area contributed by atoms with Crippen LogP contribution in [0.15, 0.2) is 24.3 Å². The number of anilines is 4. The van der Waals surface area contributed by atoms with Crippen molar-refractivity contribution in [2.45, 2.75) is 39.2 Å². The molecule has 8 nitrogen and oxygen atoms in total. The number of carbonyl (C=O) groups excluding carboxylic acids is 1. The third kappa shape index (κ3) is 4.82. The van der Waals surface area contributed by atoms with E-state index in [4.69, 9.17) is 15.5 Å². The van der Waals surface area contributed by atoms with Crippen LogP contribution in [-0.2, 0) is 11.2 Å². The minimum atomic E-state index is 0.000611. The van der Waals surface area contributed by atoms with Gasteiger partial charge in [0, 0.05) is 43.5 Å². The van der Waals surface area contributed by atoms with E-state index in [1.54, 1.807) is 20.1 Å². The Morgan fingerprint density at radius 1 is 1.36 bits per heavy atom. The molecule has 0 saturated carbocycles. The summed E-state index contributed by atoms with van der Waals surface area (Å²) < 4.78 is 5.20. The first-order chi connectivity index (χ1) is 13.5. The third-order valence-corrected chi connectivity index (χ3v) is 4.68. The van der Waals surface area contributed by atoms with Crippen LogP contribution in [0.5, 0.6) is 5.75 Å². The van der Waals surface area contributed by atoms with E-state index in [1.807, 2.05) is 18.2 Å². The molecule has 1 aromatic carbocycles. The first kappa shape index (κ1) is 19.7. The molecule has 3 rings (SSSR count). The van der Waals surface area contributed by atoms with E-state index in [1.165, 1.54) is 0 Å². The topological polar surface area (TPSA) is 105 Å². The number of methoxy groups -OCH3 is 1. The molecule has 1 aliphatic rings. The van der Waals surface area contributed by atoms with Gasteiger partial charge in [-0.3, -0.25) is 4.79 Å². The number of nitrogens with zero attached hydrogens (tertiary/aromatic N) is 3. The fourth-order valence-corrected chi connectivity index (χ4v) is 3.40. The number of hydrogen-bond donors (Lipinski definition) is 3. The van der Waals surface area contributed by atoms with Gasteiger partial charge in [-0.2, -0.15) is 4.98 Å². The van der Waals surface area contributed by atoms with E-state index in [0.29, 0.717) is 17.4 Å². The van der Waals surface area contributed by atoms with Crippen LogP contribution in [0.25, 0.3) is 0 Å². The first-order valence-electron chi connectivity index (χ1n) is 9.59. The third-order valence-electron chi connectivity index (χ3n) is 4.68. The first-order valence-corrected chi connectivity index (χ1v) is 9.59. The lowest BCUT2D eigenvalue weighted by Gasteiger charge is -2.19. The zero-order chi connectivity index (χ0) is 20.1. The van der Waals surface area contributed by atoms with Crippen molar-refractivity contribution >= 4 is 29.0 Å². The summed E-state index contributed by atoms with van der Waals surface area (Å²) in [5.41, 5.74) is 8.34. The molecule has 1 saturated heterocycles. The smallest absolute Gasteiger partial charge is 0.229 e. The highest BCUT2D eigenvalue weighted by molar-refractivity contribution is 5.73. The van der Waals surface area contributed by atoms with Gasteiger partial charge in [-0.15, -0.1) is 0 Å². The molecule has 0 spiro atoms. The maximum Gasteiger partial charge on any atom is 0.229 e. The monoisotopic (exact) mass is 384 g/mol. The van der Waals surface area contributed by atoms with Gasteiger partial charge >= 0.3 is 0 Å². The summed E-state index contributed by atoms with van der Waals surface area (Å²) in [6.45, 7) is 5.27. The maximum absolute atomic E-state index is 11.3. The number of aromatic nitrogens is 2. The molecular weight excluding hydrogens is 356 g/mol. The minimum absolute atomic E-state index is 0.000611. The van der Waals surface area contributed by atoms with Gasteiger partial charge in [0.25, 0.3) is 0 Å². The molecule has 1 fully saturated rings. The van der Waals surface area contributed by atoms with Gasteiger partial charge in [-0.05, 0) is 31.0 Å². The number of nitrogens with one attached hydrogen (secondary N) is 2. The Bertz CT molecular complexity index is 841. The van der Waals surface area contributed by atoms with Gasteiger partial charge in [-0.1, -0.05) is 13.3 Å². The van der Waals surface area contributed by atoms with E-state index in [-0.39, 0.29) is 11.9 Å². The molecule has 1 aromatic heterocycles. The summed E-state index contributed by atoms with van der Waals surface area (Å²) in [4.78, 5) is 22.9.